The number of carbonyl (C=O) groups is 2. The van der Waals surface area contributed by atoms with Crippen LogP contribution in [-0.4, -0.2) is 38.4 Å². The number of likely N-dealkylation sites (N-methyl/N-ethyl adjacent to an activating group) is 1. The molecule has 0 radical (unpaired) electrons. The third-order valence-electron chi connectivity index (χ3n) is 5.65. The second-order valence-corrected chi connectivity index (χ2v) is 7.87. The summed E-state index contributed by atoms with van der Waals surface area (Å²) in [6.07, 6.45) is 3.03. The summed E-state index contributed by atoms with van der Waals surface area (Å²) in [5, 5.41) is 5.66. The van der Waals surface area contributed by atoms with Gasteiger partial charge in [0.05, 0.1) is 23.9 Å². The number of aryl methyl sites for hydroxylation is 1. The Hall–Kier alpha value is -4.60. The lowest BCUT2D eigenvalue weighted by Crippen LogP contribution is -2.27. The highest BCUT2D eigenvalue weighted by Crippen LogP contribution is 2.23. The molecule has 2 amide bonds. The summed E-state index contributed by atoms with van der Waals surface area (Å²) >= 11 is 0. The van der Waals surface area contributed by atoms with Crippen LogP contribution in [0.15, 0.2) is 59.8 Å². The first-order valence-electron chi connectivity index (χ1n) is 11.1. The fourth-order valence-corrected chi connectivity index (χ4v) is 3.82. The minimum absolute atomic E-state index is 0.0921. The van der Waals surface area contributed by atoms with Gasteiger partial charge < -0.3 is 20.9 Å². The lowest BCUT2D eigenvalue weighted by molar-refractivity contribution is -0.120. The molecule has 0 aliphatic rings. The van der Waals surface area contributed by atoms with Gasteiger partial charge in [-0.05, 0) is 30.7 Å². The Labute approximate surface area is 201 Å². The first-order chi connectivity index (χ1) is 16.9. The van der Waals surface area contributed by atoms with Gasteiger partial charge in [-0.1, -0.05) is 24.3 Å². The number of hydrogen-bond acceptors (Lipinski definition) is 7. The fourth-order valence-electron chi connectivity index (χ4n) is 3.82. The molecule has 1 aromatic carbocycles. The van der Waals surface area contributed by atoms with Gasteiger partial charge in [0.2, 0.25) is 11.8 Å². The molecule has 178 valence electrons. The maximum absolute atomic E-state index is 13.0. The first kappa shape index (κ1) is 23.6. The molecule has 0 unspecified atom stereocenters. The van der Waals surface area contributed by atoms with Gasteiger partial charge in [0.25, 0.3) is 0 Å². The number of fused-ring (bicyclic) bond motifs is 1. The molecular formula is C25H25N7O3. The molecule has 35 heavy (non-hydrogen) atoms. The van der Waals surface area contributed by atoms with Gasteiger partial charge in [0.1, 0.15) is 23.6 Å². The molecule has 0 bridgehead atoms. The molecule has 10 nitrogen and oxygen atoms in total. The number of aromatic nitrogens is 4. The van der Waals surface area contributed by atoms with Crippen LogP contribution in [0.2, 0.25) is 0 Å². The lowest BCUT2D eigenvalue weighted by atomic mass is 10.0. The third-order valence-corrected chi connectivity index (χ3v) is 5.65. The van der Waals surface area contributed by atoms with Crippen LogP contribution in [0, 0.1) is 0 Å². The summed E-state index contributed by atoms with van der Waals surface area (Å²) < 4.78 is 1.74. The van der Waals surface area contributed by atoms with Crippen molar-refractivity contribution in [3.8, 4) is 11.3 Å². The number of carbonyl (C=O) groups excluding carboxylic acids is 2. The maximum Gasteiger partial charge on any atom is 0.229 e. The zero-order chi connectivity index (χ0) is 24.9. The predicted molar refractivity (Wildman–Crippen MR) is 134 cm³/mol. The molecule has 0 aliphatic heterocycles. The topological polar surface area (TPSA) is 145 Å². The Morgan fingerprint density at radius 1 is 1.03 bits per heavy atom. The van der Waals surface area contributed by atoms with Crippen molar-refractivity contribution >= 4 is 34.5 Å². The number of pyridine rings is 2. The van der Waals surface area contributed by atoms with E-state index in [2.05, 4.69) is 20.6 Å². The number of nitrogens with zero attached hydrogens (tertiary/aromatic N) is 4. The summed E-state index contributed by atoms with van der Waals surface area (Å²) in [4.78, 5) is 49.7. The molecule has 0 atom stereocenters. The van der Waals surface area contributed by atoms with Gasteiger partial charge in [0.15, 0.2) is 5.43 Å². The van der Waals surface area contributed by atoms with Crippen LogP contribution < -0.4 is 21.8 Å². The van der Waals surface area contributed by atoms with Crippen LogP contribution in [0.5, 0.6) is 0 Å². The van der Waals surface area contributed by atoms with Crippen molar-refractivity contribution in [2.24, 2.45) is 0 Å². The fraction of sp³-hybridized carbons (Fsp3) is 0.200. The van der Waals surface area contributed by atoms with Crippen LogP contribution in [0.4, 0.5) is 11.6 Å². The molecule has 10 heteroatoms. The Kier molecular flexibility index (Phi) is 6.81. The number of nitrogens with two attached hydrogens (primary N) is 1. The van der Waals surface area contributed by atoms with E-state index in [-0.39, 0.29) is 41.5 Å². The van der Waals surface area contributed by atoms with E-state index in [1.54, 1.807) is 29.0 Å². The molecule has 0 spiro atoms. The van der Waals surface area contributed by atoms with Crippen molar-refractivity contribution < 1.29 is 9.59 Å². The largest absolute Gasteiger partial charge is 0.385 e. The van der Waals surface area contributed by atoms with E-state index < -0.39 is 0 Å². The highest BCUT2D eigenvalue weighted by Gasteiger charge is 2.18. The van der Waals surface area contributed by atoms with Crippen LogP contribution in [-0.2, 0) is 29.0 Å². The van der Waals surface area contributed by atoms with Gasteiger partial charge in [-0.3, -0.25) is 14.4 Å². The van der Waals surface area contributed by atoms with Gasteiger partial charge in [-0.2, -0.15) is 0 Å². The number of nitrogens with one attached hydrogen (secondary N) is 2. The highest BCUT2D eigenvalue weighted by atomic mass is 16.2. The monoisotopic (exact) mass is 471 g/mol. The van der Waals surface area contributed by atoms with Crippen LogP contribution in [0.3, 0.4) is 0 Å². The van der Waals surface area contributed by atoms with Crippen molar-refractivity contribution in [1.82, 2.24) is 24.8 Å². The minimum atomic E-state index is -0.296. The van der Waals surface area contributed by atoms with Gasteiger partial charge >= 0.3 is 0 Å². The average molecular weight is 472 g/mol. The molecule has 4 rings (SSSR count). The van der Waals surface area contributed by atoms with E-state index in [4.69, 9.17) is 10.7 Å². The standard InChI is InChI=1S/C25H25N7O3/c1-3-32-24(26)18(13-21(33)27-2)23(35)17-8-9-19(30-25(17)32)16-6-4-15(5-7-16)12-22(34)31-20-10-11-28-14-29-20/h4-11,14H,3,12-13,26H2,1-2H3,(H,27,33)(H,28,29,31,34). The SMILES string of the molecule is CCn1c(N)c(CC(=O)NC)c(=O)c2ccc(-c3ccc(CC(=O)Nc4ccncn4)cc3)nc21. The highest BCUT2D eigenvalue weighted by molar-refractivity contribution is 5.91. The number of anilines is 2. The molecule has 0 aliphatic carbocycles. The normalized spacial score (nSPS) is 10.8. The lowest BCUT2D eigenvalue weighted by Gasteiger charge is -2.16. The molecule has 0 saturated carbocycles. The number of amides is 2. The van der Waals surface area contributed by atoms with Crippen LogP contribution in [0.1, 0.15) is 18.1 Å². The summed E-state index contributed by atoms with van der Waals surface area (Å²) in [6.45, 7) is 2.39. The van der Waals surface area contributed by atoms with E-state index in [1.807, 2.05) is 31.2 Å². The second kappa shape index (κ2) is 10.1. The van der Waals surface area contributed by atoms with E-state index >= 15 is 0 Å². The number of rotatable bonds is 7. The quantitative estimate of drug-likeness (QED) is 0.373. The third kappa shape index (κ3) is 5.01. The van der Waals surface area contributed by atoms with Gasteiger partial charge in [-0.15, -0.1) is 0 Å². The molecule has 4 N–H and O–H groups in total. The number of hydrogen-bond donors (Lipinski definition) is 3. The van der Waals surface area contributed by atoms with E-state index in [0.29, 0.717) is 29.1 Å². The van der Waals surface area contributed by atoms with Crippen LogP contribution in [0.25, 0.3) is 22.3 Å². The first-order valence-corrected chi connectivity index (χ1v) is 11.1. The van der Waals surface area contributed by atoms with Gasteiger partial charge in [-0.25, -0.2) is 15.0 Å². The van der Waals surface area contributed by atoms with Crippen molar-refractivity contribution in [2.75, 3.05) is 18.1 Å². The minimum Gasteiger partial charge on any atom is -0.385 e. The molecular weight excluding hydrogens is 446 g/mol. The molecule has 3 aromatic heterocycles. The second-order valence-electron chi connectivity index (χ2n) is 7.87. The molecule has 3 heterocycles. The smallest absolute Gasteiger partial charge is 0.229 e. The molecule has 4 aromatic rings. The number of benzene rings is 1. The summed E-state index contributed by atoms with van der Waals surface area (Å²) in [5.74, 6) is 0.214. The van der Waals surface area contributed by atoms with Crippen molar-refractivity contribution in [3.63, 3.8) is 0 Å². The average Bonchev–Trinajstić information content (AvgIpc) is 2.87. The summed E-state index contributed by atoms with van der Waals surface area (Å²) in [7, 11) is 1.52. The molecule has 0 fully saturated rings. The Bertz CT molecular complexity index is 1450. The zero-order valence-electron chi connectivity index (χ0n) is 19.4. The maximum atomic E-state index is 13.0. The van der Waals surface area contributed by atoms with E-state index in [0.717, 1.165) is 11.1 Å². The Morgan fingerprint density at radius 3 is 2.46 bits per heavy atom. The van der Waals surface area contributed by atoms with Crippen LogP contribution >= 0.6 is 0 Å². The Balaban J connectivity index is 1.61. The molecule has 0 saturated heterocycles. The van der Waals surface area contributed by atoms with E-state index in [1.165, 1.54) is 13.4 Å². The Morgan fingerprint density at radius 2 is 1.80 bits per heavy atom. The van der Waals surface area contributed by atoms with Crippen molar-refractivity contribution in [3.05, 3.63) is 76.3 Å². The van der Waals surface area contributed by atoms with Crippen molar-refractivity contribution in [1.29, 1.82) is 0 Å². The summed E-state index contributed by atoms with van der Waals surface area (Å²) in [6, 6.07) is 12.6. The zero-order valence-corrected chi connectivity index (χ0v) is 19.4. The predicted octanol–water partition coefficient (Wildman–Crippen LogP) is 1.93. The number of nitrogen functional groups attached to an aromatic ring is 1. The van der Waals surface area contributed by atoms with Crippen molar-refractivity contribution in [2.45, 2.75) is 26.3 Å². The van der Waals surface area contributed by atoms with Gasteiger partial charge in [0, 0.05) is 30.9 Å². The summed E-state index contributed by atoms with van der Waals surface area (Å²) in [5.41, 5.74) is 9.01. The van der Waals surface area contributed by atoms with E-state index in [9.17, 15) is 14.4 Å².